The first-order chi connectivity index (χ1) is 10.8. The van der Waals surface area contributed by atoms with Gasteiger partial charge in [-0.2, -0.15) is 0 Å². The van der Waals surface area contributed by atoms with Crippen molar-refractivity contribution >= 4 is 5.97 Å². The van der Waals surface area contributed by atoms with Gasteiger partial charge < -0.3 is 0 Å². The fraction of sp³-hybridized carbons (Fsp3) is 0.722. The van der Waals surface area contributed by atoms with Crippen molar-refractivity contribution in [3.05, 3.63) is 24.3 Å². The van der Waals surface area contributed by atoms with Crippen LogP contribution in [-0.2, 0) is 14.7 Å². The molecular weight excluding hydrogens is 280 g/mol. The maximum Gasteiger partial charge on any atom is 0.345 e. The Hall–Kier alpha value is -1.13. The highest BCUT2D eigenvalue weighted by Gasteiger charge is 2.02. The van der Waals surface area contributed by atoms with E-state index in [9.17, 15) is 4.79 Å². The Kier molecular flexibility index (Phi) is 17.0. The molecule has 128 valence electrons. The first-order valence-corrected chi connectivity index (χ1v) is 8.62. The summed E-state index contributed by atoms with van der Waals surface area (Å²) in [7, 11) is 0. The summed E-state index contributed by atoms with van der Waals surface area (Å²) < 4.78 is 0. The molecule has 0 saturated heterocycles. The van der Waals surface area contributed by atoms with E-state index < -0.39 is 5.97 Å². The lowest BCUT2D eigenvalue weighted by Gasteiger charge is -1.99. The fourth-order valence-corrected chi connectivity index (χ4v) is 2.14. The predicted molar refractivity (Wildman–Crippen MR) is 89.2 cm³/mol. The molecule has 0 bridgehead atoms. The van der Waals surface area contributed by atoms with E-state index in [0.29, 0.717) is 6.42 Å². The SMILES string of the molecule is CCCCC/C=C\CC/C=C/CCCCCCC(=O)OOO. The van der Waals surface area contributed by atoms with Crippen molar-refractivity contribution in [3.8, 4) is 0 Å². The zero-order valence-corrected chi connectivity index (χ0v) is 14.0. The van der Waals surface area contributed by atoms with Crippen molar-refractivity contribution in [2.75, 3.05) is 0 Å². The zero-order chi connectivity index (χ0) is 16.3. The summed E-state index contributed by atoms with van der Waals surface area (Å²) in [5.41, 5.74) is 0. The van der Waals surface area contributed by atoms with Gasteiger partial charge in [0.2, 0.25) is 0 Å². The number of allylic oxidation sites excluding steroid dienone is 4. The van der Waals surface area contributed by atoms with Crippen LogP contribution in [0.5, 0.6) is 0 Å². The number of hydrogen-bond donors (Lipinski definition) is 1. The van der Waals surface area contributed by atoms with Gasteiger partial charge in [0.05, 0.1) is 0 Å². The first-order valence-electron chi connectivity index (χ1n) is 8.62. The molecule has 0 rings (SSSR count). The van der Waals surface area contributed by atoms with Gasteiger partial charge in [0, 0.05) is 6.42 Å². The summed E-state index contributed by atoms with van der Waals surface area (Å²) in [6.45, 7) is 2.23. The lowest BCUT2D eigenvalue weighted by Crippen LogP contribution is -2.02. The minimum Gasteiger partial charge on any atom is -0.269 e. The molecule has 22 heavy (non-hydrogen) atoms. The van der Waals surface area contributed by atoms with Crippen LogP contribution in [0.25, 0.3) is 0 Å². The standard InChI is InChI=1S/C18H32O4/c1-2-3-4-5-6-7-8-9-10-11-12-13-14-15-16-17-18(19)21-22-20/h6-7,10-11,20H,2-5,8-9,12-17H2,1H3/b7-6-,11-10+. The molecule has 0 radical (unpaired) electrons. The van der Waals surface area contributed by atoms with Gasteiger partial charge in [-0.05, 0) is 50.0 Å². The molecule has 4 nitrogen and oxygen atoms in total. The third kappa shape index (κ3) is 16.9. The Morgan fingerprint density at radius 2 is 1.36 bits per heavy atom. The molecular formula is C18H32O4. The van der Waals surface area contributed by atoms with Crippen LogP contribution in [-0.4, -0.2) is 11.2 Å². The van der Waals surface area contributed by atoms with Crippen LogP contribution in [0.3, 0.4) is 0 Å². The largest absolute Gasteiger partial charge is 0.345 e. The minimum atomic E-state index is -0.523. The van der Waals surface area contributed by atoms with E-state index in [4.69, 9.17) is 5.26 Å². The van der Waals surface area contributed by atoms with Crippen molar-refractivity contribution in [2.45, 2.75) is 84.0 Å². The molecule has 0 amide bonds. The van der Waals surface area contributed by atoms with Crippen molar-refractivity contribution in [2.24, 2.45) is 0 Å². The molecule has 0 aliphatic heterocycles. The van der Waals surface area contributed by atoms with E-state index in [2.05, 4.69) is 41.2 Å². The number of carbonyl (C=O) groups is 1. The third-order valence-electron chi connectivity index (χ3n) is 3.44. The molecule has 0 atom stereocenters. The normalized spacial score (nSPS) is 11.5. The summed E-state index contributed by atoms with van der Waals surface area (Å²) in [6, 6.07) is 0. The molecule has 4 heteroatoms. The smallest absolute Gasteiger partial charge is 0.269 e. The fourth-order valence-electron chi connectivity index (χ4n) is 2.14. The highest BCUT2D eigenvalue weighted by molar-refractivity contribution is 5.68. The zero-order valence-electron chi connectivity index (χ0n) is 14.0. The lowest BCUT2D eigenvalue weighted by molar-refractivity contribution is -0.462. The van der Waals surface area contributed by atoms with Crippen molar-refractivity contribution in [3.63, 3.8) is 0 Å². The van der Waals surface area contributed by atoms with E-state index in [1.54, 1.807) is 0 Å². The van der Waals surface area contributed by atoms with Gasteiger partial charge in [-0.1, -0.05) is 56.9 Å². The summed E-state index contributed by atoms with van der Waals surface area (Å²) in [6.07, 6.45) is 21.9. The van der Waals surface area contributed by atoms with Crippen LogP contribution in [0.2, 0.25) is 0 Å². The van der Waals surface area contributed by atoms with Crippen molar-refractivity contribution in [1.82, 2.24) is 0 Å². The topological polar surface area (TPSA) is 55.8 Å². The number of unbranched alkanes of at least 4 members (excludes halogenated alkanes) is 8. The molecule has 0 aliphatic rings. The molecule has 0 unspecified atom stereocenters. The van der Waals surface area contributed by atoms with E-state index in [-0.39, 0.29) is 0 Å². The van der Waals surface area contributed by atoms with Crippen LogP contribution >= 0.6 is 0 Å². The second-order valence-corrected chi connectivity index (χ2v) is 5.50. The van der Waals surface area contributed by atoms with Gasteiger partial charge in [0.15, 0.2) is 0 Å². The van der Waals surface area contributed by atoms with Crippen LogP contribution in [0.1, 0.15) is 84.0 Å². The Bertz CT molecular complexity index is 297. The van der Waals surface area contributed by atoms with Crippen LogP contribution < -0.4 is 0 Å². The highest BCUT2D eigenvalue weighted by atomic mass is 17.5. The van der Waals surface area contributed by atoms with Gasteiger partial charge >= 0.3 is 5.97 Å². The first kappa shape index (κ1) is 20.9. The molecule has 0 aliphatic carbocycles. The van der Waals surface area contributed by atoms with E-state index in [1.165, 1.54) is 25.7 Å². The van der Waals surface area contributed by atoms with Crippen molar-refractivity contribution in [1.29, 1.82) is 0 Å². The van der Waals surface area contributed by atoms with Crippen LogP contribution in [0.4, 0.5) is 0 Å². The molecule has 0 aromatic heterocycles. The average Bonchev–Trinajstić information content (AvgIpc) is 2.51. The minimum absolute atomic E-state index is 0.293. The summed E-state index contributed by atoms with van der Waals surface area (Å²) in [5, 5.41) is 11.2. The summed E-state index contributed by atoms with van der Waals surface area (Å²) in [4.78, 5) is 14.8. The van der Waals surface area contributed by atoms with E-state index in [0.717, 1.165) is 44.9 Å². The Morgan fingerprint density at radius 1 is 0.818 bits per heavy atom. The summed E-state index contributed by atoms with van der Waals surface area (Å²) >= 11 is 0. The van der Waals surface area contributed by atoms with Crippen LogP contribution in [0, 0.1) is 0 Å². The maximum absolute atomic E-state index is 10.9. The molecule has 0 spiro atoms. The second-order valence-electron chi connectivity index (χ2n) is 5.50. The Balaban J connectivity index is 3.22. The second kappa shape index (κ2) is 17.9. The molecule has 0 saturated carbocycles. The van der Waals surface area contributed by atoms with E-state index in [1.807, 2.05) is 0 Å². The van der Waals surface area contributed by atoms with Gasteiger partial charge in [-0.15, -0.1) is 0 Å². The molecule has 0 heterocycles. The van der Waals surface area contributed by atoms with Crippen molar-refractivity contribution < 1.29 is 20.0 Å². The molecule has 0 aromatic carbocycles. The monoisotopic (exact) mass is 312 g/mol. The number of rotatable bonds is 15. The quantitative estimate of drug-likeness (QED) is 0.181. The van der Waals surface area contributed by atoms with Crippen LogP contribution in [0.15, 0.2) is 24.3 Å². The lowest BCUT2D eigenvalue weighted by atomic mass is 10.1. The Labute approximate surface area is 135 Å². The molecule has 0 fully saturated rings. The Morgan fingerprint density at radius 3 is 1.95 bits per heavy atom. The third-order valence-corrected chi connectivity index (χ3v) is 3.44. The van der Waals surface area contributed by atoms with Gasteiger partial charge in [-0.3, -0.25) is 4.89 Å². The highest BCUT2D eigenvalue weighted by Crippen LogP contribution is 2.07. The maximum atomic E-state index is 10.9. The van der Waals surface area contributed by atoms with E-state index >= 15 is 0 Å². The summed E-state index contributed by atoms with van der Waals surface area (Å²) in [5.74, 6) is -0.523. The van der Waals surface area contributed by atoms with Gasteiger partial charge in [-0.25, -0.2) is 10.1 Å². The van der Waals surface area contributed by atoms with Gasteiger partial charge in [0.1, 0.15) is 0 Å². The predicted octanol–water partition coefficient (Wildman–Crippen LogP) is 5.75. The number of carbonyl (C=O) groups excluding carboxylic acids is 1. The average molecular weight is 312 g/mol. The molecule has 0 aromatic rings. The van der Waals surface area contributed by atoms with Gasteiger partial charge in [0.25, 0.3) is 0 Å². The number of hydrogen-bond acceptors (Lipinski definition) is 4. The molecule has 1 N–H and O–H groups in total.